The lowest BCUT2D eigenvalue weighted by atomic mass is 10.0. The van der Waals surface area contributed by atoms with E-state index in [9.17, 15) is 9.36 Å². The zero-order valence-electron chi connectivity index (χ0n) is 10.4. The molecule has 0 spiro atoms. The van der Waals surface area contributed by atoms with E-state index in [1.54, 1.807) is 36.4 Å². The molecule has 0 unspecified atom stereocenters. The molecule has 5 nitrogen and oxygen atoms in total. The molecule has 0 amide bonds. The molecule has 6 heteroatoms. The Hall–Kier alpha value is -1.94. The summed E-state index contributed by atoms with van der Waals surface area (Å²) in [5, 5.41) is 8.82. The molecule has 0 aliphatic rings. The van der Waals surface area contributed by atoms with Gasteiger partial charge in [0.2, 0.25) is 0 Å². The van der Waals surface area contributed by atoms with Gasteiger partial charge in [0.05, 0.1) is 11.7 Å². The van der Waals surface area contributed by atoms with Crippen LogP contribution in [0, 0.1) is 0 Å². The Morgan fingerprint density at radius 1 is 0.900 bits per heavy atom. The first kappa shape index (κ1) is 14.5. The maximum absolute atomic E-state index is 10.9. The van der Waals surface area contributed by atoms with Gasteiger partial charge in [-0.05, 0) is 28.8 Å². The van der Waals surface area contributed by atoms with Gasteiger partial charge >= 0.3 is 13.6 Å². The van der Waals surface area contributed by atoms with Gasteiger partial charge in [0.1, 0.15) is 0 Å². The summed E-state index contributed by atoms with van der Waals surface area (Å²) in [6.45, 7) is 0. The maximum Gasteiger partial charge on any atom is 0.335 e. The summed E-state index contributed by atoms with van der Waals surface area (Å²) in [4.78, 5) is 28.5. The molecule has 0 aliphatic heterocycles. The van der Waals surface area contributed by atoms with Crippen molar-refractivity contribution in [2.75, 3.05) is 0 Å². The SMILES string of the molecule is O=C(O)c1ccc(-c2ccc(CP(=O)(O)O)cc2)cc1. The topological polar surface area (TPSA) is 94.8 Å². The molecule has 0 bridgehead atoms. The average Bonchev–Trinajstić information content (AvgIpc) is 2.38. The quantitative estimate of drug-likeness (QED) is 0.753. The normalized spacial score (nSPS) is 11.3. The second kappa shape index (κ2) is 5.59. The second-order valence-corrected chi connectivity index (χ2v) is 6.05. The van der Waals surface area contributed by atoms with Crippen LogP contribution in [0.5, 0.6) is 0 Å². The van der Waals surface area contributed by atoms with Crippen molar-refractivity contribution >= 4 is 13.6 Å². The highest BCUT2D eigenvalue weighted by molar-refractivity contribution is 7.50. The van der Waals surface area contributed by atoms with E-state index in [-0.39, 0.29) is 11.7 Å². The van der Waals surface area contributed by atoms with Crippen LogP contribution in [0.4, 0.5) is 0 Å². The van der Waals surface area contributed by atoms with Crippen LogP contribution in [-0.2, 0) is 10.7 Å². The van der Waals surface area contributed by atoms with Crippen LogP contribution in [0.2, 0.25) is 0 Å². The molecular formula is C14H13O5P. The summed E-state index contributed by atoms with van der Waals surface area (Å²) in [5.74, 6) is -0.978. The van der Waals surface area contributed by atoms with Gasteiger partial charge in [-0.25, -0.2) is 4.79 Å². The average molecular weight is 292 g/mol. The van der Waals surface area contributed by atoms with E-state index in [0.717, 1.165) is 11.1 Å². The highest BCUT2D eigenvalue weighted by Gasteiger charge is 2.13. The van der Waals surface area contributed by atoms with Crippen LogP contribution in [0.25, 0.3) is 11.1 Å². The van der Waals surface area contributed by atoms with E-state index in [1.807, 2.05) is 0 Å². The first-order valence-corrected chi connectivity index (χ1v) is 7.62. The Morgan fingerprint density at radius 3 is 1.75 bits per heavy atom. The van der Waals surface area contributed by atoms with E-state index in [2.05, 4.69) is 0 Å². The van der Waals surface area contributed by atoms with Crippen molar-refractivity contribution in [2.45, 2.75) is 6.16 Å². The number of hydrogen-bond acceptors (Lipinski definition) is 2. The van der Waals surface area contributed by atoms with Gasteiger partial charge in [-0.2, -0.15) is 0 Å². The molecule has 20 heavy (non-hydrogen) atoms. The fourth-order valence-electron chi connectivity index (χ4n) is 1.85. The Balaban J connectivity index is 2.21. The Labute approximate surface area is 115 Å². The lowest BCUT2D eigenvalue weighted by Gasteiger charge is -2.06. The molecule has 0 aliphatic carbocycles. The Bertz CT molecular complexity index is 655. The van der Waals surface area contributed by atoms with Crippen molar-refractivity contribution in [3.05, 3.63) is 59.7 Å². The Kier molecular flexibility index (Phi) is 4.04. The molecule has 0 saturated carbocycles. The maximum atomic E-state index is 10.9. The Morgan fingerprint density at radius 2 is 1.35 bits per heavy atom. The summed E-state index contributed by atoms with van der Waals surface area (Å²) in [6, 6.07) is 13.2. The minimum absolute atomic E-state index is 0.215. The van der Waals surface area contributed by atoms with Gasteiger partial charge < -0.3 is 14.9 Å². The third-order valence-corrected chi connectivity index (χ3v) is 3.58. The number of carboxylic acids is 1. The second-order valence-electron chi connectivity index (χ2n) is 4.40. The van der Waals surface area contributed by atoms with Gasteiger partial charge in [-0.1, -0.05) is 36.4 Å². The van der Waals surface area contributed by atoms with Crippen LogP contribution in [0.15, 0.2) is 48.5 Å². The summed E-state index contributed by atoms with van der Waals surface area (Å²) in [6.07, 6.45) is -0.286. The van der Waals surface area contributed by atoms with Gasteiger partial charge in [-0.3, -0.25) is 4.57 Å². The molecule has 104 valence electrons. The molecule has 0 radical (unpaired) electrons. The molecule has 2 aromatic carbocycles. The van der Waals surface area contributed by atoms with Crippen LogP contribution < -0.4 is 0 Å². The number of benzene rings is 2. The lowest BCUT2D eigenvalue weighted by Crippen LogP contribution is -1.95. The standard InChI is InChI=1S/C14H13O5P/c15-14(16)13-7-5-12(6-8-13)11-3-1-10(2-4-11)9-20(17,18)19/h1-8H,9H2,(H,15,16)(H2,17,18,19). The van der Waals surface area contributed by atoms with E-state index in [4.69, 9.17) is 14.9 Å². The molecule has 0 heterocycles. The highest BCUT2D eigenvalue weighted by atomic mass is 31.2. The van der Waals surface area contributed by atoms with Crippen LogP contribution >= 0.6 is 7.60 Å². The number of hydrogen-bond donors (Lipinski definition) is 3. The van der Waals surface area contributed by atoms with Crippen LogP contribution in [0.1, 0.15) is 15.9 Å². The number of carboxylic acid groups (broad SMARTS) is 1. The minimum atomic E-state index is -4.06. The molecule has 0 atom stereocenters. The summed E-state index contributed by atoms with van der Waals surface area (Å²) < 4.78 is 10.9. The van der Waals surface area contributed by atoms with Crippen molar-refractivity contribution in [3.8, 4) is 11.1 Å². The number of rotatable bonds is 4. The fourth-order valence-corrected chi connectivity index (χ4v) is 2.53. The van der Waals surface area contributed by atoms with Crippen molar-refractivity contribution in [1.82, 2.24) is 0 Å². The summed E-state index contributed by atoms with van der Waals surface area (Å²) in [5.41, 5.74) is 2.48. The lowest BCUT2D eigenvalue weighted by molar-refractivity contribution is 0.0697. The van der Waals surface area contributed by atoms with Crippen LogP contribution in [-0.4, -0.2) is 20.9 Å². The number of aromatic carboxylic acids is 1. The smallest absolute Gasteiger partial charge is 0.335 e. The summed E-state index contributed by atoms with van der Waals surface area (Å²) >= 11 is 0. The van der Waals surface area contributed by atoms with Crippen molar-refractivity contribution in [1.29, 1.82) is 0 Å². The fraction of sp³-hybridized carbons (Fsp3) is 0.0714. The van der Waals surface area contributed by atoms with E-state index in [1.165, 1.54) is 12.1 Å². The largest absolute Gasteiger partial charge is 0.478 e. The van der Waals surface area contributed by atoms with E-state index in [0.29, 0.717) is 5.56 Å². The molecule has 0 saturated heterocycles. The first-order chi connectivity index (χ1) is 9.35. The number of carbonyl (C=O) groups is 1. The van der Waals surface area contributed by atoms with Gasteiger partial charge in [0.15, 0.2) is 0 Å². The van der Waals surface area contributed by atoms with Gasteiger partial charge in [0, 0.05) is 0 Å². The van der Waals surface area contributed by atoms with Crippen LogP contribution in [0.3, 0.4) is 0 Å². The molecule has 3 N–H and O–H groups in total. The zero-order valence-corrected chi connectivity index (χ0v) is 11.3. The molecule has 0 fully saturated rings. The van der Waals surface area contributed by atoms with E-state index >= 15 is 0 Å². The first-order valence-electron chi connectivity index (χ1n) is 5.82. The van der Waals surface area contributed by atoms with Gasteiger partial charge in [-0.15, -0.1) is 0 Å². The molecule has 2 aromatic rings. The predicted octanol–water partition coefficient (Wildman–Crippen LogP) is 2.73. The zero-order chi connectivity index (χ0) is 14.8. The predicted molar refractivity (Wildman–Crippen MR) is 74.6 cm³/mol. The molecular weight excluding hydrogens is 279 g/mol. The minimum Gasteiger partial charge on any atom is -0.478 e. The third kappa shape index (κ3) is 3.78. The van der Waals surface area contributed by atoms with E-state index < -0.39 is 13.6 Å². The monoisotopic (exact) mass is 292 g/mol. The third-order valence-electron chi connectivity index (χ3n) is 2.81. The van der Waals surface area contributed by atoms with Gasteiger partial charge in [0.25, 0.3) is 0 Å². The molecule has 2 rings (SSSR count). The van der Waals surface area contributed by atoms with Crippen molar-refractivity contribution in [2.24, 2.45) is 0 Å². The summed E-state index contributed by atoms with van der Waals surface area (Å²) in [7, 11) is -4.06. The van der Waals surface area contributed by atoms with Crippen molar-refractivity contribution < 1.29 is 24.3 Å². The highest BCUT2D eigenvalue weighted by Crippen LogP contribution is 2.39. The molecule has 0 aromatic heterocycles. The van der Waals surface area contributed by atoms with Crippen molar-refractivity contribution in [3.63, 3.8) is 0 Å².